The second-order valence-electron chi connectivity index (χ2n) is 6.71. The zero-order valence-electron chi connectivity index (χ0n) is 17.5. The van der Waals surface area contributed by atoms with E-state index in [2.05, 4.69) is 21.9 Å². The lowest BCUT2D eigenvalue weighted by molar-refractivity contribution is -0.114. The third kappa shape index (κ3) is 4.35. The molecule has 1 aromatic carbocycles. The van der Waals surface area contributed by atoms with Crippen LogP contribution in [-0.2, 0) is 14.8 Å². The normalized spacial score (nSPS) is 14.6. The minimum absolute atomic E-state index is 0.0262. The SMILES string of the molecule is C=CC1=C(/C=C\C)N(CC)c2nc(Nc3cccc(S(N)(=O)=O)c3)ncc2N(C)C1=O. The fraction of sp³-hybridized carbons (Fsp3) is 0.190. The first-order chi connectivity index (χ1) is 14.7. The Labute approximate surface area is 181 Å². The molecule has 10 heteroatoms. The van der Waals surface area contributed by atoms with Crippen LogP contribution in [0.1, 0.15) is 13.8 Å². The van der Waals surface area contributed by atoms with E-state index in [-0.39, 0.29) is 16.8 Å². The molecule has 0 radical (unpaired) electrons. The van der Waals surface area contributed by atoms with E-state index in [0.29, 0.717) is 35.0 Å². The van der Waals surface area contributed by atoms with Crippen molar-refractivity contribution in [2.24, 2.45) is 5.14 Å². The number of likely N-dealkylation sites (N-methyl/N-ethyl adjacent to an activating group) is 2. The number of hydrogen-bond donors (Lipinski definition) is 2. The summed E-state index contributed by atoms with van der Waals surface area (Å²) in [5.74, 6) is 0.556. The van der Waals surface area contributed by atoms with Crippen molar-refractivity contribution >= 4 is 39.1 Å². The number of carbonyl (C=O) groups excluding carboxylic acids is 1. The molecule has 1 aliphatic rings. The molecule has 1 amide bonds. The predicted octanol–water partition coefficient (Wildman–Crippen LogP) is 2.69. The smallest absolute Gasteiger partial charge is 0.260 e. The van der Waals surface area contributed by atoms with Gasteiger partial charge >= 0.3 is 0 Å². The van der Waals surface area contributed by atoms with Crippen LogP contribution in [0.4, 0.5) is 23.1 Å². The van der Waals surface area contributed by atoms with Crippen LogP contribution in [0.2, 0.25) is 0 Å². The van der Waals surface area contributed by atoms with Gasteiger partial charge in [0.25, 0.3) is 5.91 Å². The third-order valence-corrected chi connectivity index (χ3v) is 5.64. The Kier molecular flexibility index (Phi) is 6.23. The standard InChI is InChI=1S/C21H24N6O3S/c1-5-9-17-16(6-2)20(28)26(4)18-13-23-21(25-19(18)27(17)7-3)24-14-10-8-11-15(12-14)31(22,29)30/h5-6,8-13H,2,7H2,1,3-4H3,(H2,22,29,30)(H,23,24,25)/b9-5-. The average Bonchev–Trinajstić information content (AvgIpc) is 2.81. The van der Waals surface area contributed by atoms with Crippen molar-refractivity contribution in [1.82, 2.24) is 9.97 Å². The number of aromatic nitrogens is 2. The zero-order chi connectivity index (χ0) is 22.8. The summed E-state index contributed by atoms with van der Waals surface area (Å²) < 4.78 is 23.3. The summed E-state index contributed by atoms with van der Waals surface area (Å²) in [7, 11) is -2.19. The lowest BCUT2D eigenvalue weighted by Gasteiger charge is -2.25. The first-order valence-corrected chi connectivity index (χ1v) is 11.1. The molecule has 9 nitrogen and oxygen atoms in total. The van der Waals surface area contributed by atoms with Crippen molar-refractivity contribution in [3.05, 3.63) is 66.5 Å². The Balaban J connectivity index is 2.11. The second kappa shape index (κ2) is 8.70. The van der Waals surface area contributed by atoms with Crippen LogP contribution in [-0.4, -0.2) is 37.9 Å². The number of rotatable bonds is 6. The first kappa shape index (κ1) is 22.2. The molecule has 2 aromatic rings. The zero-order valence-corrected chi connectivity index (χ0v) is 18.3. The van der Waals surface area contributed by atoms with Crippen LogP contribution in [0, 0.1) is 0 Å². The molecular formula is C21H24N6O3S. The van der Waals surface area contributed by atoms with Crippen molar-refractivity contribution in [2.45, 2.75) is 18.7 Å². The molecule has 1 aliphatic heterocycles. The van der Waals surface area contributed by atoms with E-state index >= 15 is 0 Å². The Hall–Kier alpha value is -3.50. The van der Waals surface area contributed by atoms with Crippen LogP contribution in [0.3, 0.4) is 0 Å². The van der Waals surface area contributed by atoms with Crippen LogP contribution in [0.15, 0.2) is 71.4 Å². The fourth-order valence-corrected chi connectivity index (χ4v) is 3.81. The molecule has 162 valence electrons. The topological polar surface area (TPSA) is 122 Å². The number of allylic oxidation sites excluding steroid dienone is 2. The molecule has 0 bridgehead atoms. The highest BCUT2D eigenvalue weighted by atomic mass is 32.2. The van der Waals surface area contributed by atoms with E-state index in [1.165, 1.54) is 23.1 Å². The molecular weight excluding hydrogens is 416 g/mol. The summed E-state index contributed by atoms with van der Waals surface area (Å²) in [6.45, 7) is 8.17. The van der Waals surface area contributed by atoms with Crippen molar-refractivity contribution in [3.8, 4) is 0 Å². The largest absolute Gasteiger partial charge is 0.324 e. The van der Waals surface area contributed by atoms with Gasteiger partial charge in [0, 0.05) is 19.3 Å². The molecule has 0 unspecified atom stereocenters. The van der Waals surface area contributed by atoms with Gasteiger partial charge in [0.15, 0.2) is 5.82 Å². The number of hydrogen-bond acceptors (Lipinski definition) is 7. The van der Waals surface area contributed by atoms with E-state index in [9.17, 15) is 13.2 Å². The molecule has 3 N–H and O–H groups in total. The minimum atomic E-state index is -3.84. The van der Waals surface area contributed by atoms with Crippen LogP contribution in [0.25, 0.3) is 0 Å². The number of nitrogens with zero attached hydrogens (tertiary/aromatic N) is 4. The molecule has 3 rings (SSSR count). The van der Waals surface area contributed by atoms with Crippen molar-refractivity contribution < 1.29 is 13.2 Å². The van der Waals surface area contributed by atoms with Crippen molar-refractivity contribution in [3.63, 3.8) is 0 Å². The van der Waals surface area contributed by atoms with Gasteiger partial charge < -0.3 is 15.1 Å². The van der Waals surface area contributed by atoms with Gasteiger partial charge in [-0.1, -0.05) is 24.8 Å². The van der Waals surface area contributed by atoms with Crippen LogP contribution in [0.5, 0.6) is 0 Å². The number of fused-ring (bicyclic) bond motifs is 1. The number of benzene rings is 1. The quantitative estimate of drug-likeness (QED) is 0.708. The number of nitrogens with one attached hydrogen (secondary N) is 1. The molecule has 0 saturated heterocycles. The van der Waals surface area contributed by atoms with Gasteiger partial charge in [-0.2, -0.15) is 4.98 Å². The number of anilines is 4. The maximum Gasteiger partial charge on any atom is 0.260 e. The summed E-state index contributed by atoms with van der Waals surface area (Å²) in [6.07, 6.45) is 6.77. The molecule has 0 atom stereocenters. The number of amides is 1. The van der Waals surface area contributed by atoms with Gasteiger partial charge in [0.1, 0.15) is 5.69 Å². The van der Waals surface area contributed by atoms with E-state index in [0.717, 1.165) is 0 Å². The van der Waals surface area contributed by atoms with Gasteiger partial charge in [-0.25, -0.2) is 18.5 Å². The third-order valence-electron chi connectivity index (χ3n) is 4.73. The molecule has 0 fully saturated rings. The molecule has 1 aromatic heterocycles. The highest BCUT2D eigenvalue weighted by molar-refractivity contribution is 7.89. The van der Waals surface area contributed by atoms with Gasteiger partial charge in [0.05, 0.1) is 22.4 Å². The number of primary sulfonamides is 1. The van der Waals surface area contributed by atoms with Gasteiger partial charge in [-0.15, -0.1) is 0 Å². The van der Waals surface area contributed by atoms with Crippen molar-refractivity contribution in [2.75, 3.05) is 28.7 Å². The molecule has 2 heterocycles. The van der Waals surface area contributed by atoms with Gasteiger partial charge in [-0.05, 0) is 38.1 Å². The van der Waals surface area contributed by atoms with Crippen LogP contribution >= 0.6 is 0 Å². The Morgan fingerprint density at radius 3 is 2.68 bits per heavy atom. The highest BCUT2D eigenvalue weighted by Crippen LogP contribution is 2.35. The molecule has 0 aliphatic carbocycles. The number of carbonyl (C=O) groups is 1. The Morgan fingerprint density at radius 2 is 2.06 bits per heavy atom. The lowest BCUT2D eigenvalue weighted by Crippen LogP contribution is -2.27. The number of nitrogens with two attached hydrogens (primary N) is 1. The van der Waals surface area contributed by atoms with Crippen molar-refractivity contribution in [1.29, 1.82) is 0 Å². The Morgan fingerprint density at radius 1 is 1.32 bits per heavy atom. The average molecular weight is 441 g/mol. The summed E-state index contributed by atoms with van der Waals surface area (Å²) in [5.41, 5.74) is 2.13. The Bertz CT molecular complexity index is 1200. The van der Waals surface area contributed by atoms with E-state index < -0.39 is 10.0 Å². The highest BCUT2D eigenvalue weighted by Gasteiger charge is 2.30. The predicted molar refractivity (Wildman–Crippen MR) is 122 cm³/mol. The fourth-order valence-electron chi connectivity index (χ4n) is 3.25. The summed E-state index contributed by atoms with van der Waals surface area (Å²) >= 11 is 0. The summed E-state index contributed by atoms with van der Waals surface area (Å²) in [4.78, 5) is 25.3. The maximum absolute atomic E-state index is 13.0. The monoisotopic (exact) mass is 440 g/mol. The van der Waals surface area contributed by atoms with Gasteiger partial charge in [0.2, 0.25) is 16.0 Å². The van der Waals surface area contributed by atoms with E-state index in [1.807, 2.05) is 30.9 Å². The van der Waals surface area contributed by atoms with Crippen LogP contribution < -0.4 is 20.3 Å². The lowest BCUT2D eigenvalue weighted by atomic mass is 10.1. The van der Waals surface area contributed by atoms with Gasteiger partial charge in [-0.3, -0.25) is 4.79 Å². The van der Waals surface area contributed by atoms with E-state index in [4.69, 9.17) is 5.14 Å². The second-order valence-corrected chi connectivity index (χ2v) is 8.27. The molecule has 31 heavy (non-hydrogen) atoms. The number of sulfonamides is 1. The maximum atomic E-state index is 13.0. The van der Waals surface area contributed by atoms with E-state index in [1.54, 1.807) is 25.4 Å². The molecule has 0 saturated carbocycles. The summed E-state index contributed by atoms with van der Waals surface area (Å²) in [5, 5.41) is 8.21. The minimum Gasteiger partial charge on any atom is -0.324 e. The first-order valence-electron chi connectivity index (χ1n) is 9.53. The molecule has 0 spiro atoms. The summed E-state index contributed by atoms with van der Waals surface area (Å²) in [6, 6.07) is 6.05.